The van der Waals surface area contributed by atoms with Gasteiger partial charge in [-0.2, -0.15) is 5.26 Å². The van der Waals surface area contributed by atoms with Crippen LogP contribution < -0.4 is 0 Å². The molecule has 1 aromatic rings. The average Bonchev–Trinajstić information content (AvgIpc) is 2.43. The zero-order valence-electron chi connectivity index (χ0n) is 10.9. The van der Waals surface area contributed by atoms with E-state index in [9.17, 15) is 18.7 Å². The average molecular weight is 303 g/mol. The van der Waals surface area contributed by atoms with Crippen LogP contribution in [-0.4, -0.2) is 29.5 Å². The van der Waals surface area contributed by atoms with Gasteiger partial charge in [0.05, 0.1) is 12.0 Å². The minimum atomic E-state index is -1.80. The number of nitrogens with zero attached hydrogens (tertiary/aromatic N) is 2. The van der Waals surface area contributed by atoms with Gasteiger partial charge in [0.25, 0.3) is 5.91 Å². The van der Waals surface area contributed by atoms with Crippen molar-refractivity contribution < 1.29 is 18.7 Å². The van der Waals surface area contributed by atoms with Crippen molar-refractivity contribution in [2.75, 3.05) is 13.6 Å². The van der Waals surface area contributed by atoms with E-state index in [4.69, 9.17) is 16.9 Å². The Morgan fingerprint density at radius 1 is 1.55 bits per heavy atom. The third-order valence-electron chi connectivity index (χ3n) is 2.74. The molecule has 0 aromatic heterocycles. The van der Waals surface area contributed by atoms with Gasteiger partial charge in [-0.3, -0.25) is 4.79 Å². The molecule has 0 aliphatic carbocycles. The molecule has 0 saturated heterocycles. The first-order valence-corrected chi connectivity index (χ1v) is 6.13. The Morgan fingerprint density at radius 3 is 2.70 bits per heavy atom. The molecule has 1 N–H and O–H groups in total. The van der Waals surface area contributed by atoms with Gasteiger partial charge in [0.1, 0.15) is 10.8 Å². The summed E-state index contributed by atoms with van der Waals surface area (Å²) in [4.78, 5) is 13.0. The highest BCUT2D eigenvalue weighted by atomic mass is 35.5. The highest BCUT2D eigenvalue weighted by Crippen LogP contribution is 2.27. The van der Waals surface area contributed by atoms with Gasteiger partial charge >= 0.3 is 0 Å². The van der Waals surface area contributed by atoms with Crippen LogP contribution in [0, 0.1) is 28.9 Å². The van der Waals surface area contributed by atoms with E-state index in [1.165, 1.54) is 7.05 Å². The molecule has 108 valence electrons. The lowest BCUT2D eigenvalue weighted by Crippen LogP contribution is -2.35. The first kappa shape index (κ1) is 16.3. The zero-order valence-corrected chi connectivity index (χ0v) is 11.7. The lowest BCUT2D eigenvalue weighted by atomic mass is 10.1. The SMILES string of the molecule is CC(C#N)CN(C)C(=O)C(O)c1ccc(F)c(Cl)c1F. The van der Waals surface area contributed by atoms with Crippen LogP contribution in [0.25, 0.3) is 0 Å². The molecule has 0 bridgehead atoms. The molecule has 20 heavy (non-hydrogen) atoms. The fourth-order valence-electron chi connectivity index (χ4n) is 1.64. The van der Waals surface area contributed by atoms with Gasteiger partial charge in [0.15, 0.2) is 11.9 Å². The number of aliphatic hydroxyl groups excluding tert-OH is 1. The van der Waals surface area contributed by atoms with Crippen molar-refractivity contribution in [3.05, 3.63) is 34.4 Å². The number of likely N-dealkylation sites (N-methyl/N-ethyl adjacent to an activating group) is 1. The molecular weight excluding hydrogens is 290 g/mol. The van der Waals surface area contributed by atoms with Crippen molar-refractivity contribution in [3.8, 4) is 6.07 Å². The molecule has 0 spiro atoms. The Bertz CT molecular complexity index is 560. The summed E-state index contributed by atoms with van der Waals surface area (Å²) >= 11 is 5.39. The first-order chi connectivity index (χ1) is 9.29. The summed E-state index contributed by atoms with van der Waals surface area (Å²) in [7, 11) is 1.38. The number of rotatable bonds is 4. The second-order valence-corrected chi connectivity index (χ2v) is 4.79. The van der Waals surface area contributed by atoms with E-state index in [0.717, 1.165) is 17.0 Å². The molecule has 0 fully saturated rings. The quantitative estimate of drug-likeness (QED) is 0.868. The summed E-state index contributed by atoms with van der Waals surface area (Å²) in [6.45, 7) is 1.69. The predicted molar refractivity (Wildman–Crippen MR) is 68.7 cm³/mol. The van der Waals surface area contributed by atoms with Crippen LogP contribution in [0.4, 0.5) is 8.78 Å². The molecule has 4 nitrogen and oxygen atoms in total. The van der Waals surface area contributed by atoms with Crippen LogP contribution in [0.3, 0.4) is 0 Å². The standard InChI is InChI=1S/C13H13ClF2N2O2/c1-7(5-17)6-18(2)13(20)12(19)8-3-4-9(15)10(14)11(8)16/h3-4,7,12,19H,6H2,1-2H3. The second kappa shape index (κ2) is 6.64. The van der Waals surface area contributed by atoms with Crippen LogP contribution in [0.2, 0.25) is 5.02 Å². The fourth-order valence-corrected chi connectivity index (χ4v) is 1.81. The van der Waals surface area contributed by atoms with E-state index in [1.54, 1.807) is 6.92 Å². The van der Waals surface area contributed by atoms with Crippen LogP contribution >= 0.6 is 11.6 Å². The Labute approximate surface area is 120 Å². The van der Waals surface area contributed by atoms with Crippen LogP contribution in [0.1, 0.15) is 18.6 Å². The van der Waals surface area contributed by atoms with E-state index >= 15 is 0 Å². The normalized spacial score (nSPS) is 13.4. The minimum absolute atomic E-state index is 0.0862. The van der Waals surface area contributed by atoms with Crippen molar-refractivity contribution in [1.82, 2.24) is 4.90 Å². The molecule has 0 aliphatic rings. The summed E-state index contributed by atoms with van der Waals surface area (Å²) in [6, 6.07) is 3.77. The minimum Gasteiger partial charge on any atom is -0.378 e. The molecule has 2 atom stereocenters. The number of amides is 1. The maximum absolute atomic E-state index is 13.7. The van der Waals surface area contributed by atoms with Gasteiger partial charge in [-0.05, 0) is 19.1 Å². The van der Waals surface area contributed by atoms with Crippen molar-refractivity contribution in [1.29, 1.82) is 5.26 Å². The molecule has 1 amide bonds. The fraction of sp³-hybridized carbons (Fsp3) is 0.385. The molecule has 1 aromatic carbocycles. The van der Waals surface area contributed by atoms with E-state index in [2.05, 4.69) is 0 Å². The number of carbonyl (C=O) groups is 1. The van der Waals surface area contributed by atoms with Gasteiger partial charge < -0.3 is 10.0 Å². The summed E-state index contributed by atoms with van der Waals surface area (Å²) in [5.74, 6) is -3.38. The topological polar surface area (TPSA) is 64.3 Å². The van der Waals surface area contributed by atoms with Crippen LogP contribution in [0.15, 0.2) is 12.1 Å². The van der Waals surface area contributed by atoms with E-state index in [1.807, 2.05) is 6.07 Å². The highest BCUT2D eigenvalue weighted by molar-refractivity contribution is 6.31. The largest absolute Gasteiger partial charge is 0.378 e. The van der Waals surface area contributed by atoms with Gasteiger partial charge in [-0.15, -0.1) is 0 Å². The maximum Gasteiger partial charge on any atom is 0.255 e. The van der Waals surface area contributed by atoms with Crippen molar-refractivity contribution in [2.45, 2.75) is 13.0 Å². The third kappa shape index (κ3) is 3.44. The van der Waals surface area contributed by atoms with Crippen LogP contribution in [0.5, 0.6) is 0 Å². The molecule has 0 saturated carbocycles. The number of aliphatic hydroxyl groups is 1. The second-order valence-electron chi connectivity index (χ2n) is 4.42. The van der Waals surface area contributed by atoms with Crippen molar-refractivity contribution in [2.24, 2.45) is 5.92 Å². The lowest BCUT2D eigenvalue weighted by Gasteiger charge is -2.22. The molecule has 0 aliphatic heterocycles. The van der Waals surface area contributed by atoms with Gasteiger partial charge in [-0.25, -0.2) is 8.78 Å². The molecular formula is C13H13ClF2N2O2. The van der Waals surface area contributed by atoms with Crippen molar-refractivity contribution >= 4 is 17.5 Å². The molecule has 0 heterocycles. The first-order valence-electron chi connectivity index (χ1n) is 5.75. The highest BCUT2D eigenvalue weighted by Gasteiger charge is 2.26. The molecule has 7 heteroatoms. The number of nitriles is 1. The van der Waals surface area contributed by atoms with Gasteiger partial charge in [0.2, 0.25) is 0 Å². The van der Waals surface area contributed by atoms with Crippen molar-refractivity contribution in [3.63, 3.8) is 0 Å². The smallest absolute Gasteiger partial charge is 0.255 e. The zero-order chi connectivity index (χ0) is 15.4. The monoisotopic (exact) mass is 302 g/mol. The molecule has 1 rings (SSSR count). The maximum atomic E-state index is 13.7. The van der Waals surface area contributed by atoms with Crippen LogP contribution in [-0.2, 0) is 4.79 Å². The number of halogens is 3. The molecule has 0 radical (unpaired) electrons. The summed E-state index contributed by atoms with van der Waals surface area (Å²) in [6.07, 6.45) is -1.80. The Hall–Kier alpha value is -1.71. The molecule has 2 unspecified atom stereocenters. The van der Waals surface area contributed by atoms with E-state index in [0.29, 0.717) is 0 Å². The van der Waals surface area contributed by atoms with Gasteiger partial charge in [0, 0.05) is 19.2 Å². The van der Waals surface area contributed by atoms with E-state index in [-0.39, 0.29) is 6.54 Å². The predicted octanol–water partition coefficient (Wildman–Crippen LogP) is 2.27. The Morgan fingerprint density at radius 2 is 2.15 bits per heavy atom. The Balaban J connectivity index is 2.95. The van der Waals surface area contributed by atoms with Gasteiger partial charge in [-0.1, -0.05) is 11.6 Å². The third-order valence-corrected chi connectivity index (χ3v) is 3.08. The summed E-state index contributed by atoms with van der Waals surface area (Å²) < 4.78 is 26.7. The number of hydrogen-bond donors (Lipinski definition) is 1. The number of carbonyl (C=O) groups excluding carboxylic acids is 1. The van der Waals surface area contributed by atoms with E-state index < -0.39 is 40.1 Å². The summed E-state index contributed by atoms with van der Waals surface area (Å²) in [5.41, 5.74) is -0.405. The number of benzene rings is 1. The Kier molecular flexibility index (Phi) is 5.43. The summed E-state index contributed by atoms with van der Waals surface area (Å²) in [5, 5.41) is 17.7. The lowest BCUT2D eigenvalue weighted by molar-refractivity contribution is -0.139. The number of hydrogen-bond acceptors (Lipinski definition) is 3.